The molecule has 0 atom stereocenters. The van der Waals surface area contributed by atoms with Gasteiger partial charge in [0.2, 0.25) is 0 Å². The minimum absolute atomic E-state index is 0.0293. The Kier molecular flexibility index (Phi) is 3.06. The molecular formula is C16H15NO3. The maximum absolute atomic E-state index is 12.1. The van der Waals surface area contributed by atoms with Gasteiger partial charge in [0, 0.05) is 6.04 Å². The molecule has 0 unspecified atom stereocenters. The fraction of sp³-hybridized carbons (Fsp3) is 0.188. The Morgan fingerprint density at radius 3 is 2.35 bits per heavy atom. The number of hydrogen-bond donors (Lipinski definition) is 3. The Morgan fingerprint density at radius 1 is 1.05 bits per heavy atom. The second-order valence-electron chi connectivity index (χ2n) is 5.05. The van der Waals surface area contributed by atoms with Gasteiger partial charge in [-0.05, 0) is 42.2 Å². The lowest BCUT2D eigenvalue weighted by Gasteiger charge is -2.13. The van der Waals surface area contributed by atoms with Crippen molar-refractivity contribution in [2.45, 2.75) is 18.9 Å². The molecule has 0 spiro atoms. The molecule has 4 heteroatoms. The molecule has 3 N–H and O–H groups in total. The van der Waals surface area contributed by atoms with Gasteiger partial charge in [-0.15, -0.1) is 0 Å². The van der Waals surface area contributed by atoms with E-state index >= 15 is 0 Å². The van der Waals surface area contributed by atoms with Crippen molar-refractivity contribution >= 4 is 5.91 Å². The van der Waals surface area contributed by atoms with Crippen LogP contribution in [0.1, 0.15) is 21.5 Å². The lowest BCUT2D eigenvalue weighted by Crippen LogP contribution is -2.35. The second-order valence-corrected chi connectivity index (χ2v) is 5.05. The molecular weight excluding hydrogens is 254 g/mol. The largest absolute Gasteiger partial charge is 0.508 e. The van der Waals surface area contributed by atoms with Crippen molar-refractivity contribution in [3.63, 3.8) is 0 Å². The molecule has 0 aromatic heterocycles. The summed E-state index contributed by atoms with van der Waals surface area (Å²) in [7, 11) is 0. The average molecular weight is 269 g/mol. The summed E-state index contributed by atoms with van der Waals surface area (Å²) >= 11 is 0. The van der Waals surface area contributed by atoms with Crippen molar-refractivity contribution in [2.75, 3.05) is 0 Å². The van der Waals surface area contributed by atoms with E-state index in [9.17, 15) is 15.0 Å². The third kappa shape index (κ3) is 2.32. The minimum atomic E-state index is -0.365. The van der Waals surface area contributed by atoms with Crippen LogP contribution in [0.4, 0.5) is 0 Å². The van der Waals surface area contributed by atoms with Crippen molar-refractivity contribution < 1.29 is 15.0 Å². The van der Waals surface area contributed by atoms with E-state index in [-0.39, 0.29) is 29.0 Å². The van der Waals surface area contributed by atoms with Crippen LogP contribution in [0.25, 0.3) is 0 Å². The van der Waals surface area contributed by atoms with E-state index in [0.29, 0.717) is 0 Å². The highest BCUT2D eigenvalue weighted by molar-refractivity contribution is 5.97. The van der Waals surface area contributed by atoms with Crippen LogP contribution in [0.3, 0.4) is 0 Å². The number of fused-ring (bicyclic) bond motifs is 1. The summed E-state index contributed by atoms with van der Waals surface area (Å²) in [6, 6.07) is 12.1. The predicted molar refractivity (Wildman–Crippen MR) is 74.9 cm³/mol. The van der Waals surface area contributed by atoms with Crippen molar-refractivity contribution in [3.8, 4) is 11.5 Å². The monoisotopic (exact) mass is 269 g/mol. The van der Waals surface area contributed by atoms with E-state index in [4.69, 9.17) is 0 Å². The molecule has 0 radical (unpaired) electrons. The lowest BCUT2D eigenvalue weighted by molar-refractivity contribution is 0.0935. The highest BCUT2D eigenvalue weighted by Crippen LogP contribution is 2.24. The van der Waals surface area contributed by atoms with Crippen LogP contribution in [-0.4, -0.2) is 22.2 Å². The molecule has 0 heterocycles. The molecule has 102 valence electrons. The molecule has 20 heavy (non-hydrogen) atoms. The van der Waals surface area contributed by atoms with Crippen LogP contribution in [0.2, 0.25) is 0 Å². The number of phenolic OH excluding ortho intramolecular Hbond substituents is 2. The topological polar surface area (TPSA) is 69.6 Å². The van der Waals surface area contributed by atoms with Gasteiger partial charge in [0.25, 0.3) is 5.91 Å². The first kappa shape index (κ1) is 12.5. The first-order valence-corrected chi connectivity index (χ1v) is 6.53. The predicted octanol–water partition coefficient (Wildman–Crippen LogP) is 2.00. The molecule has 0 saturated heterocycles. The van der Waals surface area contributed by atoms with Crippen molar-refractivity contribution in [2.24, 2.45) is 0 Å². The number of amides is 1. The maximum Gasteiger partial charge on any atom is 0.255 e. The molecule has 4 nitrogen and oxygen atoms in total. The van der Waals surface area contributed by atoms with Crippen LogP contribution in [0.15, 0.2) is 42.5 Å². The van der Waals surface area contributed by atoms with Gasteiger partial charge in [-0.1, -0.05) is 24.3 Å². The summed E-state index contributed by atoms with van der Waals surface area (Å²) in [5, 5.41) is 22.0. The zero-order chi connectivity index (χ0) is 14.1. The number of nitrogens with one attached hydrogen (secondary N) is 1. The lowest BCUT2D eigenvalue weighted by atomic mass is 10.1. The highest BCUT2D eigenvalue weighted by atomic mass is 16.3. The molecule has 0 saturated carbocycles. The Morgan fingerprint density at radius 2 is 1.70 bits per heavy atom. The molecule has 2 aromatic carbocycles. The van der Waals surface area contributed by atoms with Crippen LogP contribution < -0.4 is 5.32 Å². The first-order chi connectivity index (χ1) is 9.63. The molecule has 0 aliphatic heterocycles. The number of phenols is 2. The molecule has 1 aliphatic rings. The molecule has 3 rings (SSSR count). The summed E-state index contributed by atoms with van der Waals surface area (Å²) in [4.78, 5) is 12.1. The molecule has 1 amide bonds. The smallest absolute Gasteiger partial charge is 0.255 e. The van der Waals surface area contributed by atoms with Crippen LogP contribution in [-0.2, 0) is 12.8 Å². The van der Waals surface area contributed by atoms with E-state index in [2.05, 4.69) is 17.4 Å². The molecule has 0 bridgehead atoms. The van der Waals surface area contributed by atoms with E-state index in [0.717, 1.165) is 12.8 Å². The Labute approximate surface area is 116 Å². The summed E-state index contributed by atoms with van der Waals surface area (Å²) in [5.41, 5.74) is 2.59. The van der Waals surface area contributed by atoms with Gasteiger partial charge in [0.1, 0.15) is 11.5 Å². The van der Waals surface area contributed by atoms with E-state index in [1.54, 1.807) is 0 Å². The van der Waals surface area contributed by atoms with Gasteiger partial charge in [-0.3, -0.25) is 4.79 Å². The fourth-order valence-corrected chi connectivity index (χ4v) is 2.63. The number of benzene rings is 2. The van der Waals surface area contributed by atoms with E-state index in [1.165, 1.54) is 29.3 Å². The van der Waals surface area contributed by atoms with Gasteiger partial charge in [-0.25, -0.2) is 0 Å². The quantitative estimate of drug-likeness (QED) is 0.730. The standard InChI is InChI=1S/C16H15NO3/c18-13-5-6-15(19)14(9-13)16(20)17-12-7-10-3-1-2-4-11(10)8-12/h1-6,9,12,18-19H,7-8H2,(H,17,20). The first-order valence-electron chi connectivity index (χ1n) is 6.53. The minimum Gasteiger partial charge on any atom is -0.508 e. The number of aromatic hydroxyl groups is 2. The summed E-state index contributed by atoms with van der Waals surface area (Å²) in [6.45, 7) is 0. The summed E-state index contributed by atoms with van der Waals surface area (Å²) < 4.78 is 0. The van der Waals surface area contributed by atoms with Crippen LogP contribution in [0.5, 0.6) is 11.5 Å². The number of rotatable bonds is 2. The van der Waals surface area contributed by atoms with Crippen LogP contribution in [0, 0.1) is 0 Å². The second kappa shape index (κ2) is 4.89. The molecule has 2 aromatic rings. The van der Waals surface area contributed by atoms with Gasteiger partial charge < -0.3 is 15.5 Å². The fourth-order valence-electron chi connectivity index (χ4n) is 2.63. The van der Waals surface area contributed by atoms with Gasteiger partial charge in [0.05, 0.1) is 5.56 Å². The molecule has 0 fully saturated rings. The zero-order valence-electron chi connectivity index (χ0n) is 10.8. The van der Waals surface area contributed by atoms with E-state index < -0.39 is 0 Å². The maximum atomic E-state index is 12.1. The number of carbonyl (C=O) groups excluding carboxylic acids is 1. The SMILES string of the molecule is O=C(NC1Cc2ccccc2C1)c1cc(O)ccc1O. The van der Waals surface area contributed by atoms with Crippen molar-refractivity contribution in [1.29, 1.82) is 0 Å². The van der Waals surface area contributed by atoms with Gasteiger partial charge >= 0.3 is 0 Å². The highest BCUT2D eigenvalue weighted by Gasteiger charge is 2.23. The van der Waals surface area contributed by atoms with E-state index in [1.807, 2.05) is 12.1 Å². The van der Waals surface area contributed by atoms with Crippen LogP contribution >= 0.6 is 0 Å². The van der Waals surface area contributed by atoms with Crippen molar-refractivity contribution in [1.82, 2.24) is 5.32 Å². The normalized spacial score (nSPS) is 14.0. The third-order valence-electron chi connectivity index (χ3n) is 3.61. The molecule has 1 aliphatic carbocycles. The zero-order valence-corrected chi connectivity index (χ0v) is 10.8. The Balaban J connectivity index is 1.74. The Hall–Kier alpha value is -2.49. The van der Waals surface area contributed by atoms with Crippen molar-refractivity contribution in [3.05, 3.63) is 59.2 Å². The van der Waals surface area contributed by atoms with Gasteiger partial charge in [0.15, 0.2) is 0 Å². The number of hydrogen-bond acceptors (Lipinski definition) is 3. The van der Waals surface area contributed by atoms with Gasteiger partial charge in [-0.2, -0.15) is 0 Å². The summed E-state index contributed by atoms with van der Waals surface area (Å²) in [5.74, 6) is -0.533. The average Bonchev–Trinajstić information content (AvgIpc) is 2.83. The summed E-state index contributed by atoms with van der Waals surface area (Å²) in [6.07, 6.45) is 1.59. The number of carbonyl (C=O) groups is 1. The Bertz CT molecular complexity index is 642. The third-order valence-corrected chi connectivity index (χ3v) is 3.61.